The number of carbonyl (C=O) groups excluding carboxylic acids is 2. The minimum Gasteiger partial charge on any atom is -0.326 e. The SMILES string of the molecule is CCONC(=O)[C@@H]1c2ccccc2C(=O)N(C2CCCC[C@@H]2NS(C)(=O)=O)[C@H]1c1ccc(Cl)cc1Cl. The molecular weight excluding hydrogens is 525 g/mol. The van der Waals surface area contributed by atoms with Crippen molar-refractivity contribution in [3.8, 4) is 0 Å². The first-order valence-corrected chi connectivity index (χ1v) is 14.5. The Balaban J connectivity index is 1.93. The lowest BCUT2D eigenvalue weighted by atomic mass is 9.76. The van der Waals surface area contributed by atoms with E-state index in [0.29, 0.717) is 39.6 Å². The van der Waals surface area contributed by atoms with E-state index in [1.807, 2.05) is 0 Å². The molecule has 1 heterocycles. The molecule has 1 aliphatic carbocycles. The van der Waals surface area contributed by atoms with E-state index in [1.165, 1.54) is 0 Å². The van der Waals surface area contributed by atoms with Crippen LogP contribution in [-0.2, 0) is 19.7 Å². The van der Waals surface area contributed by atoms with Gasteiger partial charge in [-0.2, -0.15) is 0 Å². The number of hydrogen-bond donors (Lipinski definition) is 2. The minimum atomic E-state index is -3.54. The highest BCUT2D eigenvalue weighted by Crippen LogP contribution is 2.47. The number of fused-ring (bicyclic) bond motifs is 1. The van der Waals surface area contributed by atoms with E-state index in [0.717, 1.165) is 19.1 Å². The molecule has 2 aromatic rings. The van der Waals surface area contributed by atoms with Crippen LogP contribution in [-0.4, -0.2) is 50.1 Å². The quantitative estimate of drug-likeness (QED) is 0.500. The third-order valence-electron chi connectivity index (χ3n) is 6.71. The Bertz CT molecular complexity index is 1260. The van der Waals surface area contributed by atoms with Gasteiger partial charge >= 0.3 is 0 Å². The van der Waals surface area contributed by atoms with E-state index in [4.69, 9.17) is 28.0 Å². The lowest BCUT2D eigenvalue weighted by Crippen LogP contribution is -2.59. The highest BCUT2D eigenvalue weighted by molar-refractivity contribution is 7.88. The zero-order valence-electron chi connectivity index (χ0n) is 20.0. The number of nitrogens with one attached hydrogen (secondary N) is 2. The Morgan fingerprint density at radius 3 is 2.53 bits per heavy atom. The number of sulfonamides is 1. The molecule has 36 heavy (non-hydrogen) atoms. The van der Waals surface area contributed by atoms with Gasteiger partial charge in [-0.1, -0.05) is 60.3 Å². The molecule has 0 bridgehead atoms. The molecule has 11 heteroatoms. The van der Waals surface area contributed by atoms with Gasteiger partial charge < -0.3 is 4.90 Å². The van der Waals surface area contributed by atoms with Crippen molar-refractivity contribution in [1.29, 1.82) is 0 Å². The third kappa shape index (κ3) is 5.55. The Hall–Kier alpha value is -2.17. The number of amides is 2. The van der Waals surface area contributed by atoms with Gasteiger partial charge in [0, 0.05) is 27.7 Å². The van der Waals surface area contributed by atoms with Crippen LogP contribution in [0, 0.1) is 0 Å². The molecule has 2 amide bonds. The number of carbonyl (C=O) groups is 2. The van der Waals surface area contributed by atoms with E-state index in [2.05, 4.69) is 10.2 Å². The van der Waals surface area contributed by atoms with E-state index in [-0.39, 0.29) is 12.5 Å². The summed E-state index contributed by atoms with van der Waals surface area (Å²) >= 11 is 12.8. The highest BCUT2D eigenvalue weighted by Gasteiger charge is 2.49. The van der Waals surface area contributed by atoms with Crippen LogP contribution in [0.2, 0.25) is 10.0 Å². The lowest BCUT2D eigenvalue weighted by Gasteiger charge is -2.49. The molecule has 1 fully saturated rings. The molecule has 2 aliphatic rings. The van der Waals surface area contributed by atoms with E-state index in [1.54, 1.807) is 54.3 Å². The first kappa shape index (κ1) is 26.9. The molecule has 1 saturated carbocycles. The zero-order valence-corrected chi connectivity index (χ0v) is 22.4. The topological polar surface area (TPSA) is 105 Å². The van der Waals surface area contributed by atoms with Crippen molar-refractivity contribution < 1.29 is 22.8 Å². The van der Waals surface area contributed by atoms with E-state index < -0.39 is 40.0 Å². The zero-order chi connectivity index (χ0) is 26.0. The maximum atomic E-state index is 14.1. The van der Waals surface area contributed by atoms with Gasteiger partial charge in [-0.3, -0.25) is 14.4 Å². The van der Waals surface area contributed by atoms with Crippen molar-refractivity contribution in [1.82, 2.24) is 15.1 Å². The van der Waals surface area contributed by atoms with Crippen LogP contribution in [0.4, 0.5) is 0 Å². The fraction of sp³-hybridized carbons (Fsp3) is 0.440. The van der Waals surface area contributed by atoms with Crippen LogP contribution in [0.15, 0.2) is 42.5 Å². The largest absolute Gasteiger partial charge is 0.326 e. The van der Waals surface area contributed by atoms with Gasteiger partial charge in [-0.15, -0.1) is 0 Å². The number of nitrogens with zero attached hydrogens (tertiary/aromatic N) is 1. The van der Waals surface area contributed by atoms with Crippen molar-refractivity contribution in [2.24, 2.45) is 0 Å². The van der Waals surface area contributed by atoms with Gasteiger partial charge in [0.2, 0.25) is 10.0 Å². The summed E-state index contributed by atoms with van der Waals surface area (Å²) in [7, 11) is -3.54. The molecule has 0 spiro atoms. The number of rotatable bonds is 7. The van der Waals surface area contributed by atoms with Gasteiger partial charge in [0.1, 0.15) is 0 Å². The van der Waals surface area contributed by atoms with E-state index in [9.17, 15) is 18.0 Å². The van der Waals surface area contributed by atoms with Gasteiger partial charge in [0.15, 0.2) is 0 Å². The Morgan fingerprint density at radius 2 is 1.83 bits per heavy atom. The maximum absolute atomic E-state index is 14.1. The van der Waals surface area contributed by atoms with Crippen LogP contribution in [0.1, 0.15) is 66.1 Å². The normalized spacial score (nSPS) is 24.3. The van der Waals surface area contributed by atoms with Crippen molar-refractivity contribution in [2.75, 3.05) is 12.9 Å². The average Bonchev–Trinajstić information content (AvgIpc) is 2.82. The average molecular weight is 554 g/mol. The Morgan fingerprint density at radius 1 is 1.11 bits per heavy atom. The molecule has 4 rings (SSSR count). The highest BCUT2D eigenvalue weighted by atomic mass is 35.5. The van der Waals surface area contributed by atoms with Gasteiger partial charge in [-0.05, 0) is 49.1 Å². The molecule has 1 unspecified atom stereocenters. The van der Waals surface area contributed by atoms with Gasteiger partial charge in [0.05, 0.1) is 24.8 Å². The summed E-state index contributed by atoms with van der Waals surface area (Å²) in [5, 5.41) is 0.727. The van der Waals surface area contributed by atoms with Gasteiger partial charge in [0.25, 0.3) is 11.8 Å². The molecule has 8 nitrogen and oxygen atoms in total. The first-order chi connectivity index (χ1) is 17.1. The predicted molar refractivity (Wildman–Crippen MR) is 138 cm³/mol. The number of hydrogen-bond acceptors (Lipinski definition) is 5. The van der Waals surface area contributed by atoms with Crippen LogP contribution in [0.5, 0.6) is 0 Å². The van der Waals surface area contributed by atoms with Crippen LogP contribution in [0.3, 0.4) is 0 Å². The molecule has 2 N–H and O–H groups in total. The molecule has 0 aromatic heterocycles. The van der Waals surface area contributed by atoms with Crippen molar-refractivity contribution in [3.05, 3.63) is 69.2 Å². The number of halogens is 2. The monoisotopic (exact) mass is 553 g/mol. The standard InChI is InChI=1S/C25H29Cl2N3O5S/c1-3-35-28-24(31)22-16-8-4-5-9-17(16)25(32)30(23(22)18-13-12-15(26)14-19(18)27)21-11-7-6-10-20(21)29-36(2,33)34/h4-5,8-9,12-14,20-23,29H,3,6-7,10-11H2,1-2H3,(H,28,31)/t20-,21?,22+,23-/m0/s1. The van der Waals surface area contributed by atoms with Crippen LogP contribution in [0.25, 0.3) is 0 Å². The number of hydroxylamine groups is 1. The van der Waals surface area contributed by atoms with Crippen LogP contribution < -0.4 is 10.2 Å². The van der Waals surface area contributed by atoms with Gasteiger partial charge in [-0.25, -0.2) is 18.6 Å². The molecule has 0 saturated heterocycles. The lowest BCUT2D eigenvalue weighted by molar-refractivity contribution is -0.137. The van der Waals surface area contributed by atoms with Crippen molar-refractivity contribution >= 4 is 45.0 Å². The summed E-state index contributed by atoms with van der Waals surface area (Å²) in [6.07, 6.45) is 3.89. The summed E-state index contributed by atoms with van der Waals surface area (Å²) < 4.78 is 27.1. The van der Waals surface area contributed by atoms with Crippen molar-refractivity contribution in [3.63, 3.8) is 0 Å². The third-order valence-corrected chi connectivity index (χ3v) is 8.00. The maximum Gasteiger partial charge on any atom is 0.255 e. The Kier molecular flexibility index (Phi) is 8.26. The summed E-state index contributed by atoms with van der Waals surface area (Å²) in [4.78, 5) is 34.6. The smallest absolute Gasteiger partial charge is 0.255 e. The molecule has 4 atom stereocenters. The molecule has 2 aromatic carbocycles. The minimum absolute atomic E-state index is 0.262. The van der Waals surface area contributed by atoms with E-state index >= 15 is 0 Å². The molecular formula is C25H29Cl2N3O5S. The Labute approximate surface area is 221 Å². The predicted octanol–water partition coefficient (Wildman–Crippen LogP) is 4.20. The molecule has 0 radical (unpaired) electrons. The fourth-order valence-corrected chi connectivity index (χ4v) is 6.68. The van der Waals surface area contributed by atoms with Crippen LogP contribution >= 0.6 is 23.2 Å². The first-order valence-electron chi connectivity index (χ1n) is 11.9. The number of benzene rings is 2. The summed E-state index contributed by atoms with van der Waals surface area (Å²) in [6, 6.07) is 10.1. The molecule has 1 aliphatic heterocycles. The summed E-state index contributed by atoms with van der Waals surface area (Å²) in [5.74, 6) is -1.57. The summed E-state index contributed by atoms with van der Waals surface area (Å²) in [6.45, 7) is 2.01. The fourth-order valence-electron chi connectivity index (χ4n) is 5.33. The summed E-state index contributed by atoms with van der Waals surface area (Å²) in [5.41, 5.74) is 3.99. The second-order valence-corrected chi connectivity index (χ2v) is 11.8. The van der Waals surface area contributed by atoms with Crippen molar-refractivity contribution in [2.45, 2.75) is 56.7 Å². The molecule has 194 valence electrons. The second kappa shape index (κ2) is 11.1. The second-order valence-electron chi connectivity index (χ2n) is 9.14.